The third-order valence-electron chi connectivity index (χ3n) is 3.82. The van der Waals surface area contributed by atoms with E-state index in [1.807, 2.05) is 0 Å². The van der Waals surface area contributed by atoms with Gasteiger partial charge in [-0.05, 0) is 37.1 Å². The number of rotatable bonds is 4. The molecule has 7 heteroatoms. The Balaban J connectivity index is 1.69. The minimum atomic E-state index is -0.459. The summed E-state index contributed by atoms with van der Waals surface area (Å²) in [6, 6.07) is 6.81. The van der Waals surface area contributed by atoms with Crippen molar-refractivity contribution in [1.82, 2.24) is 16.2 Å². The average molecular weight is 382 g/mol. The number of hydrogen-bond donors (Lipinski definition) is 3. The first-order valence-electron chi connectivity index (χ1n) is 7.69. The Hall–Kier alpha value is -1.89. The van der Waals surface area contributed by atoms with E-state index in [0.717, 1.165) is 36.6 Å². The van der Waals surface area contributed by atoms with Crippen molar-refractivity contribution in [3.63, 3.8) is 0 Å². The highest BCUT2D eigenvalue weighted by molar-refractivity contribution is 9.10. The minimum Gasteiger partial charge on any atom is -0.343 e. The van der Waals surface area contributed by atoms with Crippen molar-refractivity contribution in [2.24, 2.45) is 5.92 Å². The van der Waals surface area contributed by atoms with Gasteiger partial charge in [0.2, 0.25) is 5.91 Å². The molecule has 1 fully saturated rings. The van der Waals surface area contributed by atoms with Crippen LogP contribution in [0, 0.1) is 5.92 Å². The van der Waals surface area contributed by atoms with Crippen LogP contribution in [0.4, 0.5) is 0 Å². The summed E-state index contributed by atoms with van der Waals surface area (Å²) in [5.41, 5.74) is 5.23. The molecule has 0 spiro atoms. The first kappa shape index (κ1) is 17.5. The Labute approximate surface area is 143 Å². The third kappa shape index (κ3) is 5.67. The van der Waals surface area contributed by atoms with Crippen molar-refractivity contribution >= 4 is 33.7 Å². The fourth-order valence-electron chi connectivity index (χ4n) is 2.51. The Bertz CT molecular complexity index is 568. The molecule has 0 bridgehead atoms. The zero-order valence-corrected chi connectivity index (χ0v) is 14.3. The fraction of sp³-hybridized carbons (Fsp3) is 0.438. The molecule has 0 aromatic heterocycles. The van der Waals surface area contributed by atoms with Crippen LogP contribution in [0.15, 0.2) is 28.7 Å². The predicted octanol–water partition coefficient (Wildman–Crippen LogP) is 1.91. The molecule has 3 amide bonds. The number of benzene rings is 1. The minimum absolute atomic E-state index is 0.0265. The predicted molar refractivity (Wildman–Crippen MR) is 89.3 cm³/mol. The van der Waals surface area contributed by atoms with Crippen LogP contribution in [0.25, 0.3) is 0 Å². The first-order chi connectivity index (χ1) is 11.1. The van der Waals surface area contributed by atoms with Crippen LogP contribution in [-0.4, -0.2) is 24.3 Å². The molecule has 0 radical (unpaired) electrons. The van der Waals surface area contributed by atoms with Gasteiger partial charge < -0.3 is 5.32 Å². The third-order valence-corrected chi connectivity index (χ3v) is 4.35. The second-order valence-corrected chi connectivity index (χ2v) is 6.48. The number of halogens is 1. The van der Waals surface area contributed by atoms with Crippen LogP contribution >= 0.6 is 15.9 Å². The second kappa shape index (κ2) is 8.67. The molecule has 1 aromatic rings. The summed E-state index contributed by atoms with van der Waals surface area (Å²) in [5.74, 6) is -0.982. The lowest BCUT2D eigenvalue weighted by Crippen LogP contribution is -2.48. The summed E-state index contributed by atoms with van der Waals surface area (Å²) in [6.45, 7) is -0.195. The molecular formula is C16H20BrN3O3. The number of nitrogens with one attached hydrogen (secondary N) is 3. The van der Waals surface area contributed by atoms with Gasteiger partial charge in [-0.15, -0.1) is 0 Å². The number of carbonyl (C=O) groups excluding carboxylic acids is 3. The van der Waals surface area contributed by atoms with Crippen LogP contribution in [0.3, 0.4) is 0 Å². The SMILES string of the molecule is O=C(CNC(=O)c1ccc(Br)cc1)NNC(=O)C1CCCCC1. The molecule has 1 aromatic carbocycles. The van der Waals surface area contributed by atoms with Gasteiger partial charge in [-0.2, -0.15) is 0 Å². The zero-order valence-electron chi connectivity index (χ0n) is 12.7. The molecule has 124 valence electrons. The number of amides is 3. The topological polar surface area (TPSA) is 87.3 Å². The van der Waals surface area contributed by atoms with Crippen LogP contribution in [0.2, 0.25) is 0 Å². The maximum absolute atomic E-state index is 11.9. The molecule has 0 unspecified atom stereocenters. The van der Waals surface area contributed by atoms with Gasteiger partial charge >= 0.3 is 0 Å². The smallest absolute Gasteiger partial charge is 0.257 e. The van der Waals surface area contributed by atoms with E-state index >= 15 is 0 Å². The van der Waals surface area contributed by atoms with Gasteiger partial charge in [0.25, 0.3) is 11.8 Å². The van der Waals surface area contributed by atoms with Crippen molar-refractivity contribution in [2.45, 2.75) is 32.1 Å². The molecule has 1 aliphatic rings. The van der Waals surface area contributed by atoms with Crippen LogP contribution in [-0.2, 0) is 9.59 Å². The zero-order chi connectivity index (χ0) is 16.7. The molecule has 1 saturated carbocycles. The van der Waals surface area contributed by atoms with Gasteiger partial charge in [0, 0.05) is 16.0 Å². The van der Waals surface area contributed by atoms with E-state index in [0.29, 0.717) is 5.56 Å². The molecule has 0 heterocycles. The molecule has 3 N–H and O–H groups in total. The molecule has 0 atom stereocenters. The highest BCUT2D eigenvalue weighted by Crippen LogP contribution is 2.23. The molecule has 23 heavy (non-hydrogen) atoms. The van der Waals surface area contributed by atoms with Crippen molar-refractivity contribution in [2.75, 3.05) is 6.54 Å². The van der Waals surface area contributed by atoms with Crippen LogP contribution in [0.5, 0.6) is 0 Å². The van der Waals surface area contributed by atoms with Gasteiger partial charge in [0.05, 0.1) is 6.54 Å². The summed E-state index contributed by atoms with van der Waals surface area (Å²) in [6.07, 6.45) is 4.99. The number of hydrazine groups is 1. The summed E-state index contributed by atoms with van der Waals surface area (Å²) in [4.78, 5) is 35.4. The van der Waals surface area contributed by atoms with Gasteiger partial charge in [-0.25, -0.2) is 0 Å². The van der Waals surface area contributed by atoms with E-state index in [1.54, 1.807) is 24.3 Å². The lowest BCUT2D eigenvalue weighted by atomic mass is 9.89. The second-order valence-electron chi connectivity index (χ2n) is 5.56. The van der Waals surface area contributed by atoms with E-state index < -0.39 is 5.91 Å². The molecule has 0 aliphatic heterocycles. The number of hydrogen-bond acceptors (Lipinski definition) is 3. The molecule has 2 rings (SSSR count). The lowest BCUT2D eigenvalue weighted by molar-refractivity contribution is -0.131. The summed E-state index contributed by atoms with van der Waals surface area (Å²) in [7, 11) is 0. The van der Waals surface area contributed by atoms with Crippen LogP contribution in [0.1, 0.15) is 42.5 Å². The van der Waals surface area contributed by atoms with Crippen molar-refractivity contribution < 1.29 is 14.4 Å². The average Bonchev–Trinajstić information content (AvgIpc) is 2.59. The Morgan fingerprint density at radius 3 is 2.30 bits per heavy atom. The van der Waals surface area contributed by atoms with Crippen LogP contribution < -0.4 is 16.2 Å². The van der Waals surface area contributed by atoms with E-state index in [4.69, 9.17) is 0 Å². The maximum Gasteiger partial charge on any atom is 0.257 e. The van der Waals surface area contributed by atoms with Gasteiger partial charge in [-0.1, -0.05) is 35.2 Å². The van der Waals surface area contributed by atoms with Gasteiger partial charge in [-0.3, -0.25) is 25.2 Å². The standard InChI is InChI=1S/C16H20BrN3O3/c17-13-8-6-12(7-9-13)15(22)18-10-14(21)19-20-16(23)11-4-2-1-3-5-11/h6-9,11H,1-5,10H2,(H,18,22)(H,19,21)(H,20,23). The van der Waals surface area contributed by atoms with E-state index in [1.165, 1.54) is 0 Å². The maximum atomic E-state index is 11.9. The summed E-state index contributed by atoms with van der Waals surface area (Å²) in [5, 5.41) is 2.50. The molecule has 1 aliphatic carbocycles. The molecular weight excluding hydrogens is 362 g/mol. The monoisotopic (exact) mass is 381 g/mol. The van der Waals surface area contributed by atoms with E-state index in [-0.39, 0.29) is 24.3 Å². The van der Waals surface area contributed by atoms with Crippen molar-refractivity contribution in [3.05, 3.63) is 34.3 Å². The lowest BCUT2D eigenvalue weighted by Gasteiger charge is -2.20. The number of carbonyl (C=O) groups is 3. The van der Waals surface area contributed by atoms with Crippen molar-refractivity contribution in [1.29, 1.82) is 0 Å². The normalized spacial score (nSPS) is 14.8. The molecule has 0 saturated heterocycles. The van der Waals surface area contributed by atoms with Crippen molar-refractivity contribution in [3.8, 4) is 0 Å². The van der Waals surface area contributed by atoms with E-state index in [2.05, 4.69) is 32.1 Å². The quantitative estimate of drug-likeness (QED) is 0.696. The Morgan fingerprint density at radius 1 is 1.00 bits per heavy atom. The first-order valence-corrected chi connectivity index (χ1v) is 8.48. The summed E-state index contributed by atoms with van der Waals surface area (Å²) < 4.78 is 0.872. The van der Waals surface area contributed by atoms with Gasteiger partial charge in [0.1, 0.15) is 0 Å². The summed E-state index contributed by atoms with van der Waals surface area (Å²) >= 11 is 3.29. The molecule has 6 nitrogen and oxygen atoms in total. The Kier molecular flexibility index (Phi) is 6.58. The highest BCUT2D eigenvalue weighted by Gasteiger charge is 2.21. The van der Waals surface area contributed by atoms with E-state index in [9.17, 15) is 14.4 Å². The highest BCUT2D eigenvalue weighted by atomic mass is 79.9. The van der Waals surface area contributed by atoms with Gasteiger partial charge in [0.15, 0.2) is 0 Å². The fourth-order valence-corrected chi connectivity index (χ4v) is 2.77. The largest absolute Gasteiger partial charge is 0.343 e. The Morgan fingerprint density at radius 2 is 1.65 bits per heavy atom.